The number of amides is 1. The normalized spacial score (nSPS) is 14.1. The fourth-order valence-electron chi connectivity index (χ4n) is 4.98. The Balaban J connectivity index is 1.64. The Morgan fingerprint density at radius 3 is 2.69 bits per heavy atom. The summed E-state index contributed by atoms with van der Waals surface area (Å²) in [6.07, 6.45) is 2.09. The van der Waals surface area contributed by atoms with Crippen LogP contribution in [0.1, 0.15) is 45.6 Å². The molecular weight excluding hydrogens is 468 g/mol. The lowest BCUT2D eigenvalue weighted by atomic mass is 9.86. The van der Waals surface area contributed by atoms with Gasteiger partial charge in [-0.2, -0.15) is 5.26 Å². The van der Waals surface area contributed by atoms with E-state index in [4.69, 9.17) is 11.5 Å². The molecule has 6 nitrogen and oxygen atoms in total. The van der Waals surface area contributed by atoms with Gasteiger partial charge in [0.05, 0.1) is 16.3 Å². The largest absolute Gasteiger partial charge is 0.389 e. The van der Waals surface area contributed by atoms with E-state index in [0.717, 1.165) is 22.5 Å². The highest BCUT2D eigenvalue weighted by atomic mass is 32.1. The number of hydrogen-bond donors (Lipinski definition) is 2. The van der Waals surface area contributed by atoms with Crippen LogP contribution in [0, 0.1) is 29.9 Å². The molecule has 0 spiro atoms. The van der Waals surface area contributed by atoms with Crippen molar-refractivity contribution in [1.29, 1.82) is 5.26 Å². The third kappa shape index (κ3) is 3.41. The maximum atomic E-state index is 15.7. The number of aromatic nitrogens is 1. The molecule has 176 valence electrons. The molecule has 0 saturated heterocycles. The van der Waals surface area contributed by atoms with E-state index in [1.807, 2.05) is 19.1 Å². The molecule has 1 amide bonds. The molecule has 0 fully saturated rings. The van der Waals surface area contributed by atoms with Crippen LogP contribution in [0.5, 0.6) is 0 Å². The Bertz CT molecular complexity index is 1570. The van der Waals surface area contributed by atoms with E-state index >= 15 is 4.39 Å². The van der Waals surface area contributed by atoms with Gasteiger partial charge in [0.25, 0.3) is 5.91 Å². The number of benzene rings is 2. The van der Waals surface area contributed by atoms with Gasteiger partial charge in [0.1, 0.15) is 28.5 Å². The van der Waals surface area contributed by atoms with Crippen LogP contribution in [0.3, 0.4) is 0 Å². The average molecular weight is 490 g/mol. The summed E-state index contributed by atoms with van der Waals surface area (Å²) in [5, 5.41) is 10.1. The van der Waals surface area contributed by atoms with E-state index < -0.39 is 11.6 Å². The summed E-state index contributed by atoms with van der Waals surface area (Å²) in [5.41, 5.74) is 15.1. The number of fused-ring (bicyclic) bond motifs is 2. The van der Waals surface area contributed by atoms with Crippen molar-refractivity contribution in [1.82, 2.24) is 9.88 Å². The molecule has 3 heterocycles. The molecule has 1 aliphatic heterocycles. The highest BCUT2D eigenvalue weighted by molar-refractivity contribution is 7.23. The van der Waals surface area contributed by atoms with Crippen LogP contribution >= 0.6 is 11.3 Å². The van der Waals surface area contributed by atoms with Crippen molar-refractivity contribution in [3.63, 3.8) is 0 Å². The summed E-state index contributed by atoms with van der Waals surface area (Å²) in [6.45, 7) is 4.04. The number of nitrogens with two attached hydrogens (primary N) is 2. The summed E-state index contributed by atoms with van der Waals surface area (Å²) in [7, 11) is 0. The Hall–Kier alpha value is -4.03. The first-order valence-electron chi connectivity index (χ1n) is 11.0. The minimum atomic E-state index is -0.619. The highest BCUT2D eigenvalue weighted by Gasteiger charge is 2.33. The lowest BCUT2D eigenvalue weighted by Crippen LogP contribution is -2.40. The third-order valence-corrected chi connectivity index (χ3v) is 7.77. The first kappa shape index (κ1) is 22.7. The number of nitrogens with zero attached hydrogens (tertiary/aromatic N) is 3. The molecule has 0 aliphatic carbocycles. The maximum absolute atomic E-state index is 15.7. The monoisotopic (exact) mass is 489 g/mol. The van der Waals surface area contributed by atoms with Gasteiger partial charge in [-0.25, -0.2) is 13.8 Å². The molecule has 4 aromatic rings. The molecular formula is C26H21F2N5OS. The van der Waals surface area contributed by atoms with Gasteiger partial charge in [-0.15, -0.1) is 11.3 Å². The number of rotatable bonds is 3. The van der Waals surface area contributed by atoms with Crippen molar-refractivity contribution in [2.75, 3.05) is 18.0 Å². The number of carbonyl (C=O) groups excluding carboxylic acids is 1. The van der Waals surface area contributed by atoms with Crippen LogP contribution in [0.15, 0.2) is 36.5 Å². The second kappa shape index (κ2) is 8.32. The highest BCUT2D eigenvalue weighted by Crippen LogP contribution is 2.44. The minimum absolute atomic E-state index is 0.126. The summed E-state index contributed by atoms with van der Waals surface area (Å²) in [5.74, 6) is -1.09. The van der Waals surface area contributed by atoms with Crippen molar-refractivity contribution >= 4 is 38.1 Å². The molecule has 2 aromatic carbocycles. The van der Waals surface area contributed by atoms with Gasteiger partial charge in [0.15, 0.2) is 0 Å². The van der Waals surface area contributed by atoms with Crippen molar-refractivity contribution in [2.45, 2.75) is 26.3 Å². The number of anilines is 2. The lowest BCUT2D eigenvalue weighted by Gasteiger charge is -2.35. The fraction of sp³-hybridized carbons (Fsp3) is 0.192. The number of carbonyl (C=O) groups is 1. The van der Waals surface area contributed by atoms with Crippen molar-refractivity contribution < 1.29 is 13.6 Å². The molecule has 1 aliphatic rings. The summed E-state index contributed by atoms with van der Waals surface area (Å²) in [6, 6.07) is 9.22. The van der Waals surface area contributed by atoms with Crippen LogP contribution in [0.4, 0.5) is 19.6 Å². The van der Waals surface area contributed by atoms with E-state index in [1.54, 1.807) is 24.1 Å². The van der Waals surface area contributed by atoms with E-state index in [2.05, 4.69) is 4.98 Å². The lowest BCUT2D eigenvalue weighted by molar-refractivity contribution is 0.0672. The zero-order valence-corrected chi connectivity index (χ0v) is 19.8. The Labute approximate surface area is 204 Å². The standard InChI is InChI=1S/C26H21F2N5OS/c1-12-14-7-9-33(13(2)15-4-3-8-32-24(15)30)26(34)17(14)10-20(28)21(12)16-5-6-19(27)23-22(16)18(11-29)25(31)35-23/h3-6,8,10,13H,7,9,31H2,1-2H3,(H2,30,32)/t13-/m0/s1. The van der Waals surface area contributed by atoms with Crippen molar-refractivity contribution in [3.05, 3.63) is 76.0 Å². The zero-order valence-electron chi connectivity index (χ0n) is 19.0. The van der Waals surface area contributed by atoms with Gasteiger partial charge in [-0.1, -0.05) is 12.1 Å². The molecule has 9 heteroatoms. The van der Waals surface area contributed by atoms with E-state index in [1.165, 1.54) is 18.2 Å². The van der Waals surface area contributed by atoms with Crippen LogP contribution in [-0.2, 0) is 6.42 Å². The first-order valence-corrected chi connectivity index (χ1v) is 11.8. The SMILES string of the molecule is Cc1c2c(cc(F)c1-c1ccc(F)c3sc(N)c(C#N)c13)C(=O)N([C@@H](C)c1cccnc1N)CC2. The number of nitrogen functional groups attached to an aromatic ring is 2. The summed E-state index contributed by atoms with van der Waals surface area (Å²) < 4.78 is 30.4. The number of hydrogen-bond acceptors (Lipinski definition) is 6. The van der Waals surface area contributed by atoms with Gasteiger partial charge < -0.3 is 16.4 Å². The third-order valence-electron chi connectivity index (χ3n) is 6.74. The predicted molar refractivity (Wildman–Crippen MR) is 133 cm³/mol. The van der Waals surface area contributed by atoms with Crippen LogP contribution in [-0.4, -0.2) is 22.3 Å². The van der Waals surface area contributed by atoms with Gasteiger partial charge in [-0.05, 0) is 55.2 Å². The van der Waals surface area contributed by atoms with Gasteiger partial charge in [-0.3, -0.25) is 4.79 Å². The molecule has 1 atom stereocenters. The summed E-state index contributed by atoms with van der Waals surface area (Å²) in [4.78, 5) is 19.2. The second-order valence-corrected chi connectivity index (χ2v) is 9.59. The molecule has 35 heavy (non-hydrogen) atoms. The molecule has 2 aromatic heterocycles. The molecule has 0 radical (unpaired) electrons. The number of nitriles is 1. The maximum Gasteiger partial charge on any atom is 0.254 e. The smallest absolute Gasteiger partial charge is 0.254 e. The quantitative estimate of drug-likeness (QED) is 0.403. The van der Waals surface area contributed by atoms with Crippen LogP contribution < -0.4 is 11.5 Å². The molecule has 0 unspecified atom stereocenters. The fourth-order valence-corrected chi connectivity index (χ4v) is 5.93. The minimum Gasteiger partial charge on any atom is -0.389 e. The van der Waals surface area contributed by atoms with E-state index in [-0.39, 0.29) is 38.3 Å². The van der Waals surface area contributed by atoms with Crippen molar-refractivity contribution in [3.8, 4) is 17.2 Å². The van der Waals surface area contributed by atoms with E-state index in [0.29, 0.717) is 35.3 Å². The van der Waals surface area contributed by atoms with Gasteiger partial charge in [0.2, 0.25) is 0 Å². The molecule has 4 N–H and O–H groups in total. The Morgan fingerprint density at radius 2 is 1.97 bits per heavy atom. The Morgan fingerprint density at radius 1 is 1.20 bits per heavy atom. The molecule has 5 rings (SSSR count). The average Bonchev–Trinajstić information content (AvgIpc) is 3.18. The Kier molecular flexibility index (Phi) is 5.41. The van der Waals surface area contributed by atoms with Gasteiger partial charge >= 0.3 is 0 Å². The van der Waals surface area contributed by atoms with Crippen LogP contribution in [0.25, 0.3) is 21.2 Å². The second-order valence-electron chi connectivity index (χ2n) is 8.54. The van der Waals surface area contributed by atoms with E-state index in [9.17, 15) is 14.4 Å². The topological polar surface area (TPSA) is 109 Å². The van der Waals surface area contributed by atoms with Crippen molar-refractivity contribution in [2.24, 2.45) is 0 Å². The predicted octanol–water partition coefficient (Wildman–Crippen LogP) is 5.35. The molecule has 0 saturated carbocycles. The number of pyridine rings is 1. The zero-order chi connectivity index (χ0) is 25.0. The number of halogens is 2. The van der Waals surface area contributed by atoms with Crippen LogP contribution in [0.2, 0.25) is 0 Å². The first-order chi connectivity index (χ1) is 16.7. The number of thiophene rings is 1. The summed E-state index contributed by atoms with van der Waals surface area (Å²) >= 11 is 0.964. The molecule has 0 bridgehead atoms. The van der Waals surface area contributed by atoms with Gasteiger partial charge in [0, 0.05) is 34.8 Å².